The standard InChI is InChI=1S/C11H20O2S/c1-4-7-8-9(10(12)5-2)11(13)14-6-3/h5,9-10,12H,2,4,6-8H2,1,3H3/t9-,10+/m0/s1. The summed E-state index contributed by atoms with van der Waals surface area (Å²) in [6.45, 7) is 7.54. The minimum absolute atomic E-state index is 0.0911. The third-order valence-corrected chi connectivity index (χ3v) is 2.99. The van der Waals surface area contributed by atoms with Crippen LogP contribution in [0.15, 0.2) is 12.7 Å². The molecule has 2 nitrogen and oxygen atoms in total. The molecule has 2 atom stereocenters. The molecule has 0 saturated carbocycles. The van der Waals surface area contributed by atoms with E-state index in [9.17, 15) is 9.90 Å². The highest BCUT2D eigenvalue weighted by Gasteiger charge is 2.23. The zero-order valence-corrected chi connectivity index (χ0v) is 9.85. The zero-order chi connectivity index (χ0) is 11.0. The summed E-state index contributed by atoms with van der Waals surface area (Å²) in [5, 5.41) is 9.68. The van der Waals surface area contributed by atoms with Gasteiger partial charge in [0.15, 0.2) is 5.12 Å². The first-order valence-electron chi connectivity index (χ1n) is 5.14. The molecule has 0 aliphatic carbocycles. The SMILES string of the molecule is C=C[C@@H](O)[C@H](CCCC)C(=O)SCC. The van der Waals surface area contributed by atoms with Crippen molar-refractivity contribution in [3.63, 3.8) is 0 Å². The molecule has 0 aliphatic heterocycles. The van der Waals surface area contributed by atoms with Gasteiger partial charge in [-0.1, -0.05) is 44.5 Å². The van der Waals surface area contributed by atoms with E-state index in [1.807, 2.05) is 6.92 Å². The van der Waals surface area contributed by atoms with E-state index < -0.39 is 6.10 Å². The average molecular weight is 216 g/mol. The Bertz CT molecular complexity index is 180. The molecule has 0 amide bonds. The van der Waals surface area contributed by atoms with E-state index in [2.05, 4.69) is 13.5 Å². The smallest absolute Gasteiger partial charge is 0.194 e. The number of carbonyl (C=O) groups is 1. The van der Waals surface area contributed by atoms with Crippen molar-refractivity contribution in [1.82, 2.24) is 0 Å². The molecule has 0 unspecified atom stereocenters. The maximum atomic E-state index is 11.6. The summed E-state index contributed by atoms with van der Waals surface area (Å²) in [5.41, 5.74) is 0. The van der Waals surface area contributed by atoms with E-state index in [1.54, 1.807) is 0 Å². The van der Waals surface area contributed by atoms with Gasteiger partial charge in [-0.15, -0.1) is 6.58 Å². The number of hydrogen-bond donors (Lipinski definition) is 1. The summed E-state index contributed by atoms with van der Waals surface area (Å²) >= 11 is 1.29. The molecule has 0 aromatic carbocycles. The number of aliphatic hydroxyl groups is 1. The molecule has 1 N–H and O–H groups in total. The molecular formula is C11H20O2S. The third kappa shape index (κ3) is 4.82. The van der Waals surface area contributed by atoms with E-state index in [0.29, 0.717) is 0 Å². The van der Waals surface area contributed by atoms with E-state index in [0.717, 1.165) is 25.0 Å². The zero-order valence-electron chi connectivity index (χ0n) is 9.03. The van der Waals surface area contributed by atoms with Gasteiger partial charge in [0.05, 0.1) is 12.0 Å². The summed E-state index contributed by atoms with van der Waals surface area (Å²) in [6, 6.07) is 0. The second-order valence-electron chi connectivity index (χ2n) is 3.23. The average Bonchev–Trinajstić information content (AvgIpc) is 2.18. The second kappa shape index (κ2) is 8.06. The van der Waals surface area contributed by atoms with Gasteiger partial charge in [-0.25, -0.2) is 0 Å². The number of hydrogen-bond acceptors (Lipinski definition) is 3. The quantitative estimate of drug-likeness (QED) is 0.665. The third-order valence-electron chi connectivity index (χ3n) is 2.11. The predicted molar refractivity (Wildman–Crippen MR) is 62.4 cm³/mol. The van der Waals surface area contributed by atoms with E-state index in [-0.39, 0.29) is 11.0 Å². The van der Waals surface area contributed by atoms with Crippen LogP contribution in [0.1, 0.15) is 33.1 Å². The van der Waals surface area contributed by atoms with Crippen LogP contribution in [0, 0.1) is 5.92 Å². The Kier molecular flexibility index (Phi) is 7.90. The lowest BCUT2D eigenvalue weighted by Gasteiger charge is -2.17. The van der Waals surface area contributed by atoms with Gasteiger partial charge in [0.2, 0.25) is 0 Å². The molecule has 3 heteroatoms. The highest BCUT2D eigenvalue weighted by Crippen LogP contribution is 2.21. The van der Waals surface area contributed by atoms with Crippen LogP contribution in [0.5, 0.6) is 0 Å². The van der Waals surface area contributed by atoms with E-state index in [4.69, 9.17) is 0 Å². The molecule has 0 aliphatic rings. The Morgan fingerprint density at radius 3 is 2.64 bits per heavy atom. The molecule has 0 fully saturated rings. The minimum Gasteiger partial charge on any atom is -0.388 e. The number of thioether (sulfide) groups is 1. The number of carbonyl (C=O) groups excluding carboxylic acids is 1. The van der Waals surface area contributed by atoms with Crippen LogP contribution in [-0.2, 0) is 4.79 Å². The minimum atomic E-state index is -0.687. The predicted octanol–water partition coefficient (Wildman–Crippen LogP) is 2.62. The largest absolute Gasteiger partial charge is 0.388 e. The molecule has 14 heavy (non-hydrogen) atoms. The highest BCUT2D eigenvalue weighted by atomic mass is 32.2. The van der Waals surface area contributed by atoms with Gasteiger partial charge in [0, 0.05) is 0 Å². The van der Waals surface area contributed by atoms with Crippen molar-refractivity contribution in [3.05, 3.63) is 12.7 Å². The topological polar surface area (TPSA) is 37.3 Å². The summed E-state index contributed by atoms with van der Waals surface area (Å²) in [7, 11) is 0. The van der Waals surface area contributed by atoms with Crippen LogP contribution in [-0.4, -0.2) is 22.1 Å². The molecule has 0 aromatic heterocycles. The van der Waals surface area contributed by atoms with Gasteiger partial charge in [0.25, 0.3) is 0 Å². The first-order chi connectivity index (χ1) is 6.67. The Labute approximate surface area is 90.8 Å². The van der Waals surface area contributed by atoms with Gasteiger partial charge in [-0.3, -0.25) is 4.79 Å². The van der Waals surface area contributed by atoms with Gasteiger partial charge in [-0.05, 0) is 12.2 Å². The van der Waals surface area contributed by atoms with Crippen molar-refractivity contribution in [2.24, 2.45) is 5.92 Å². The Balaban J connectivity index is 4.21. The van der Waals surface area contributed by atoms with Crippen molar-refractivity contribution in [2.75, 3.05) is 5.75 Å². The molecule has 0 heterocycles. The summed E-state index contributed by atoms with van der Waals surface area (Å²) < 4.78 is 0. The van der Waals surface area contributed by atoms with Crippen LogP contribution in [0.4, 0.5) is 0 Å². The maximum Gasteiger partial charge on any atom is 0.194 e. The fraction of sp³-hybridized carbons (Fsp3) is 0.727. The first kappa shape index (κ1) is 13.7. The molecule has 0 bridgehead atoms. The maximum absolute atomic E-state index is 11.6. The lowest BCUT2D eigenvalue weighted by atomic mass is 9.97. The van der Waals surface area contributed by atoms with Crippen LogP contribution in [0.25, 0.3) is 0 Å². The Morgan fingerprint density at radius 1 is 1.57 bits per heavy atom. The monoisotopic (exact) mass is 216 g/mol. The molecule has 0 spiro atoms. The van der Waals surface area contributed by atoms with Gasteiger partial charge in [0.1, 0.15) is 0 Å². The van der Waals surface area contributed by atoms with Crippen LogP contribution >= 0.6 is 11.8 Å². The molecule has 0 aromatic rings. The number of rotatable bonds is 7. The van der Waals surface area contributed by atoms with Gasteiger partial charge >= 0.3 is 0 Å². The summed E-state index contributed by atoms with van der Waals surface area (Å²) in [6.07, 6.45) is 3.55. The van der Waals surface area contributed by atoms with Crippen molar-refractivity contribution >= 4 is 16.9 Å². The van der Waals surface area contributed by atoms with Crippen LogP contribution in [0.2, 0.25) is 0 Å². The molecule has 0 radical (unpaired) electrons. The van der Waals surface area contributed by atoms with Crippen LogP contribution in [0.3, 0.4) is 0 Å². The lowest BCUT2D eigenvalue weighted by molar-refractivity contribution is -0.116. The molecule has 0 rings (SSSR count). The van der Waals surface area contributed by atoms with Gasteiger partial charge in [-0.2, -0.15) is 0 Å². The lowest BCUT2D eigenvalue weighted by Crippen LogP contribution is -2.24. The highest BCUT2D eigenvalue weighted by molar-refractivity contribution is 8.13. The summed E-state index contributed by atoms with van der Waals surface area (Å²) in [4.78, 5) is 11.6. The van der Waals surface area contributed by atoms with Gasteiger partial charge < -0.3 is 5.11 Å². The second-order valence-corrected chi connectivity index (χ2v) is 4.50. The molecular weight excluding hydrogens is 196 g/mol. The summed E-state index contributed by atoms with van der Waals surface area (Å²) in [5.74, 6) is 0.503. The number of aliphatic hydroxyl groups excluding tert-OH is 1. The van der Waals surface area contributed by atoms with Crippen molar-refractivity contribution in [1.29, 1.82) is 0 Å². The van der Waals surface area contributed by atoms with Crippen molar-refractivity contribution < 1.29 is 9.90 Å². The van der Waals surface area contributed by atoms with Crippen molar-refractivity contribution in [3.8, 4) is 0 Å². The normalized spacial score (nSPS) is 14.8. The first-order valence-corrected chi connectivity index (χ1v) is 6.13. The van der Waals surface area contributed by atoms with Crippen molar-refractivity contribution in [2.45, 2.75) is 39.2 Å². The fourth-order valence-corrected chi connectivity index (χ4v) is 2.02. The Morgan fingerprint density at radius 2 is 2.21 bits per heavy atom. The molecule has 0 saturated heterocycles. The Hall–Kier alpha value is -0.280. The molecule has 82 valence electrons. The van der Waals surface area contributed by atoms with E-state index in [1.165, 1.54) is 17.8 Å². The number of unbranched alkanes of at least 4 members (excludes halogenated alkanes) is 1. The van der Waals surface area contributed by atoms with E-state index >= 15 is 0 Å². The fourth-order valence-electron chi connectivity index (χ4n) is 1.27. The van der Waals surface area contributed by atoms with Crippen LogP contribution < -0.4 is 0 Å².